The molecule has 0 aliphatic heterocycles. The lowest BCUT2D eigenvalue weighted by Gasteiger charge is -2.21. The molecule has 25 heavy (non-hydrogen) atoms. The maximum Gasteiger partial charge on any atom is 0.325 e. The quantitative estimate of drug-likeness (QED) is 0.702. The highest BCUT2D eigenvalue weighted by Gasteiger charge is 2.21. The molecule has 0 bridgehead atoms. The number of nitrogens with zero attached hydrogens (tertiary/aromatic N) is 1. The summed E-state index contributed by atoms with van der Waals surface area (Å²) in [4.78, 5) is 29.5. The third kappa shape index (κ3) is 4.07. The normalized spacial score (nSPS) is 10.6. The lowest BCUT2D eigenvalue weighted by atomic mass is 10.2. The van der Waals surface area contributed by atoms with Crippen LogP contribution in [0.1, 0.15) is 23.0 Å². The van der Waals surface area contributed by atoms with Crippen LogP contribution in [0.5, 0.6) is 0 Å². The molecule has 2 aromatic carbocycles. The van der Waals surface area contributed by atoms with Gasteiger partial charge < -0.3 is 14.6 Å². The van der Waals surface area contributed by atoms with E-state index in [9.17, 15) is 9.59 Å². The molecule has 0 unspecified atom stereocenters. The Bertz CT molecular complexity index is 838. The van der Waals surface area contributed by atoms with Crippen LogP contribution in [0.2, 0.25) is 0 Å². The van der Waals surface area contributed by atoms with E-state index >= 15 is 0 Å². The molecule has 1 heterocycles. The molecular weight excluding hydrogens is 316 g/mol. The summed E-state index contributed by atoms with van der Waals surface area (Å²) in [7, 11) is 0. The molecule has 1 aromatic heterocycles. The van der Waals surface area contributed by atoms with E-state index < -0.39 is 5.97 Å². The number of carbonyl (C=O) groups is 2. The number of rotatable bonds is 6. The molecule has 0 atom stereocenters. The van der Waals surface area contributed by atoms with E-state index in [-0.39, 0.29) is 12.5 Å². The first-order chi connectivity index (χ1) is 12.2. The van der Waals surface area contributed by atoms with Crippen molar-refractivity contribution in [1.29, 1.82) is 0 Å². The number of esters is 1. The summed E-state index contributed by atoms with van der Waals surface area (Å²) in [6, 6.07) is 19.1. The van der Waals surface area contributed by atoms with Gasteiger partial charge in [0.2, 0.25) is 0 Å². The zero-order chi connectivity index (χ0) is 17.6. The van der Waals surface area contributed by atoms with Gasteiger partial charge in [-0.1, -0.05) is 48.5 Å². The standard InChI is InChI=1S/C20H20N2O3/c1-2-25-19(23)14-22(13-15-8-4-3-5-9-15)20(24)18-12-16-10-6-7-11-17(16)21-18/h3-12,21H,2,13-14H2,1H3. The van der Waals surface area contributed by atoms with Crippen LogP contribution in [0.3, 0.4) is 0 Å². The summed E-state index contributed by atoms with van der Waals surface area (Å²) in [5.41, 5.74) is 2.30. The highest BCUT2D eigenvalue weighted by molar-refractivity contribution is 5.99. The molecule has 0 aliphatic rings. The average Bonchev–Trinajstić information content (AvgIpc) is 3.06. The molecule has 3 aromatic rings. The maximum absolute atomic E-state index is 12.9. The Morgan fingerprint density at radius 2 is 1.76 bits per heavy atom. The Morgan fingerprint density at radius 1 is 1.04 bits per heavy atom. The number of aromatic nitrogens is 1. The van der Waals surface area contributed by atoms with Crippen molar-refractivity contribution in [1.82, 2.24) is 9.88 Å². The van der Waals surface area contributed by atoms with Gasteiger partial charge in [-0.05, 0) is 24.6 Å². The second kappa shape index (κ2) is 7.66. The monoisotopic (exact) mass is 336 g/mol. The lowest BCUT2D eigenvalue weighted by molar-refractivity contribution is -0.143. The molecule has 1 N–H and O–H groups in total. The third-order valence-corrected chi connectivity index (χ3v) is 3.89. The number of hydrogen-bond acceptors (Lipinski definition) is 3. The molecule has 0 spiro atoms. The van der Waals surface area contributed by atoms with Crippen molar-refractivity contribution in [2.75, 3.05) is 13.2 Å². The molecule has 0 saturated heterocycles. The van der Waals surface area contributed by atoms with Crippen LogP contribution in [0.4, 0.5) is 0 Å². The highest BCUT2D eigenvalue weighted by atomic mass is 16.5. The van der Waals surface area contributed by atoms with E-state index in [1.54, 1.807) is 13.0 Å². The Morgan fingerprint density at radius 3 is 2.48 bits per heavy atom. The number of para-hydroxylation sites is 1. The van der Waals surface area contributed by atoms with E-state index in [1.807, 2.05) is 54.6 Å². The van der Waals surface area contributed by atoms with Gasteiger partial charge in [-0.15, -0.1) is 0 Å². The average molecular weight is 336 g/mol. The molecule has 5 heteroatoms. The van der Waals surface area contributed by atoms with Crippen molar-refractivity contribution in [2.45, 2.75) is 13.5 Å². The molecule has 5 nitrogen and oxygen atoms in total. The Hall–Kier alpha value is -3.08. The fraction of sp³-hybridized carbons (Fsp3) is 0.200. The van der Waals surface area contributed by atoms with E-state index in [4.69, 9.17) is 4.74 Å². The number of ether oxygens (including phenoxy) is 1. The van der Waals surface area contributed by atoms with Crippen LogP contribution in [-0.4, -0.2) is 34.9 Å². The van der Waals surface area contributed by atoms with Gasteiger partial charge in [0, 0.05) is 17.4 Å². The zero-order valence-corrected chi connectivity index (χ0v) is 14.1. The van der Waals surface area contributed by atoms with Crippen molar-refractivity contribution < 1.29 is 14.3 Å². The second-order valence-electron chi connectivity index (χ2n) is 5.72. The van der Waals surface area contributed by atoms with Crippen LogP contribution in [0.15, 0.2) is 60.7 Å². The number of nitrogens with one attached hydrogen (secondary N) is 1. The van der Waals surface area contributed by atoms with Crippen LogP contribution in [0.25, 0.3) is 10.9 Å². The van der Waals surface area contributed by atoms with Gasteiger partial charge in [0.05, 0.1) is 6.61 Å². The fourth-order valence-corrected chi connectivity index (χ4v) is 2.72. The van der Waals surface area contributed by atoms with Crippen molar-refractivity contribution in [2.24, 2.45) is 0 Å². The largest absolute Gasteiger partial charge is 0.465 e. The summed E-state index contributed by atoms with van der Waals surface area (Å²) in [6.07, 6.45) is 0. The van der Waals surface area contributed by atoms with Crippen LogP contribution in [0, 0.1) is 0 Å². The molecule has 3 rings (SSSR count). The Labute approximate surface area is 146 Å². The second-order valence-corrected chi connectivity index (χ2v) is 5.72. The van der Waals surface area contributed by atoms with Crippen molar-refractivity contribution >= 4 is 22.8 Å². The van der Waals surface area contributed by atoms with E-state index in [1.165, 1.54) is 4.90 Å². The van der Waals surface area contributed by atoms with E-state index in [2.05, 4.69) is 4.98 Å². The van der Waals surface area contributed by atoms with Crippen molar-refractivity contribution in [3.05, 3.63) is 71.9 Å². The SMILES string of the molecule is CCOC(=O)CN(Cc1ccccc1)C(=O)c1cc2ccccc2[nH]1. The minimum absolute atomic E-state index is 0.0864. The molecule has 128 valence electrons. The van der Waals surface area contributed by atoms with Crippen molar-refractivity contribution in [3.8, 4) is 0 Å². The summed E-state index contributed by atoms with van der Waals surface area (Å²) in [5.74, 6) is -0.643. The molecule has 0 radical (unpaired) electrons. The van der Waals surface area contributed by atoms with E-state index in [0.717, 1.165) is 16.5 Å². The molecule has 1 amide bonds. The van der Waals surface area contributed by atoms with Crippen LogP contribution >= 0.6 is 0 Å². The van der Waals surface area contributed by atoms with Crippen molar-refractivity contribution in [3.63, 3.8) is 0 Å². The lowest BCUT2D eigenvalue weighted by Crippen LogP contribution is -2.36. The molecule has 0 fully saturated rings. The smallest absolute Gasteiger partial charge is 0.325 e. The number of benzene rings is 2. The first-order valence-corrected chi connectivity index (χ1v) is 8.24. The van der Waals surface area contributed by atoms with E-state index in [0.29, 0.717) is 18.8 Å². The number of H-pyrrole nitrogens is 1. The van der Waals surface area contributed by atoms with Gasteiger partial charge in [0.15, 0.2) is 0 Å². The number of carbonyl (C=O) groups excluding carboxylic acids is 2. The number of amides is 1. The van der Waals surface area contributed by atoms with Gasteiger partial charge >= 0.3 is 5.97 Å². The summed E-state index contributed by atoms with van der Waals surface area (Å²) < 4.78 is 5.01. The van der Waals surface area contributed by atoms with Gasteiger partial charge in [-0.3, -0.25) is 9.59 Å². The van der Waals surface area contributed by atoms with Crippen LogP contribution in [-0.2, 0) is 16.1 Å². The number of aromatic amines is 1. The predicted molar refractivity (Wildman–Crippen MR) is 96.1 cm³/mol. The summed E-state index contributed by atoms with van der Waals surface area (Å²) in [5, 5.41) is 0.960. The van der Waals surface area contributed by atoms with Gasteiger partial charge in [0.25, 0.3) is 5.91 Å². The predicted octanol–water partition coefficient (Wildman–Crippen LogP) is 3.37. The minimum Gasteiger partial charge on any atom is -0.465 e. The zero-order valence-electron chi connectivity index (χ0n) is 14.1. The Kier molecular flexibility index (Phi) is 5.14. The molecule has 0 saturated carbocycles. The first kappa shape index (κ1) is 16.8. The highest BCUT2D eigenvalue weighted by Crippen LogP contribution is 2.17. The molecular formula is C20H20N2O3. The first-order valence-electron chi connectivity index (χ1n) is 8.24. The Balaban J connectivity index is 1.86. The number of fused-ring (bicyclic) bond motifs is 1. The maximum atomic E-state index is 12.9. The van der Waals surface area contributed by atoms with Gasteiger partial charge in [0.1, 0.15) is 12.2 Å². The number of hydrogen-bond donors (Lipinski definition) is 1. The summed E-state index contributed by atoms with van der Waals surface area (Å²) >= 11 is 0. The van der Waals surface area contributed by atoms with Gasteiger partial charge in [-0.2, -0.15) is 0 Å². The fourth-order valence-electron chi connectivity index (χ4n) is 2.72. The topological polar surface area (TPSA) is 62.4 Å². The van der Waals surface area contributed by atoms with Gasteiger partial charge in [-0.25, -0.2) is 0 Å². The summed E-state index contributed by atoms with van der Waals surface area (Å²) in [6.45, 7) is 2.29. The third-order valence-electron chi connectivity index (χ3n) is 3.89. The minimum atomic E-state index is -0.414. The molecule has 0 aliphatic carbocycles. The van der Waals surface area contributed by atoms with Crippen LogP contribution < -0.4 is 0 Å².